The molecule has 0 aliphatic heterocycles. The van der Waals surface area contributed by atoms with E-state index in [1.54, 1.807) is 6.07 Å². The van der Waals surface area contributed by atoms with Crippen LogP contribution in [0.15, 0.2) is 18.2 Å². The third kappa shape index (κ3) is 5.89. The normalized spacial score (nSPS) is 12.5. The molecule has 0 spiro atoms. The van der Waals surface area contributed by atoms with E-state index < -0.39 is 6.10 Å². The number of anilines is 1. The fourth-order valence-corrected chi connectivity index (χ4v) is 1.54. The van der Waals surface area contributed by atoms with Crippen LogP contribution in [0.2, 0.25) is 0 Å². The Kier molecular flexibility index (Phi) is 6.59. The Labute approximate surface area is 113 Å². The topological polar surface area (TPSA) is 50.7 Å². The number of hydrogen-bond acceptors (Lipinski definition) is 4. The van der Waals surface area contributed by atoms with Crippen molar-refractivity contribution in [2.24, 2.45) is 5.92 Å². The van der Waals surface area contributed by atoms with Crippen LogP contribution < -0.4 is 10.1 Å². The maximum Gasteiger partial charge on any atom is 0.144 e. The van der Waals surface area contributed by atoms with E-state index in [-0.39, 0.29) is 12.4 Å². The summed E-state index contributed by atoms with van der Waals surface area (Å²) in [5.74, 6) is 0.496. The van der Waals surface area contributed by atoms with Gasteiger partial charge in [0.05, 0.1) is 25.5 Å². The van der Waals surface area contributed by atoms with E-state index >= 15 is 0 Å². The number of hydrogen-bond donors (Lipinski definition) is 2. The Balaban J connectivity index is 2.39. The molecule has 0 fully saturated rings. The number of methoxy groups -OCH3 is 1. The first kappa shape index (κ1) is 15.7. The first-order valence-electron chi connectivity index (χ1n) is 6.36. The van der Waals surface area contributed by atoms with Crippen LogP contribution in [0.5, 0.6) is 5.75 Å². The highest BCUT2D eigenvalue weighted by Gasteiger charge is 2.08. The number of ether oxygens (including phenoxy) is 2. The Morgan fingerprint density at radius 1 is 1.32 bits per heavy atom. The SMILES string of the molecule is COc1cc(F)ccc1NCC(O)COCC(C)C. The minimum absolute atomic E-state index is 0.273. The van der Waals surface area contributed by atoms with E-state index in [2.05, 4.69) is 5.32 Å². The summed E-state index contributed by atoms with van der Waals surface area (Å²) in [5.41, 5.74) is 0.645. The molecule has 0 amide bonds. The van der Waals surface area contributed by atoms with Gasteiger partial charge in [0.15, 0.2) is 0 Å². The van der Waals surface area contributed by atoms with Gasteiger partial charge in [0.25, 0.3) is 0 Å². The maximum atomic E-state index is 13.0. The highest BCUT2D eigenvalue weighted by atomic mass is 19.1. The molecule has 0 aromatic heterocycles. The minimum atomic E-state index is -0.617. The molecule has 108 valence electrons. The molecule has 1 aromatic rings. The molecule has 0 heterocycles. The summed E-state index contributed by atoms with van der Waals surface area (Å²) >= 11 is 0. The fourth-order valence-electron chi connectivity index (χ4n) is 1.54. The van der Waals surface area contributed by atoms with Gasteiger partial charge in [-0.3, -0.25) is 0 Å². The van der Waals surface area contributed by atoms with Crippen LogP contribution in [0.1, 0.15) is 13.8 Å². The molecule has 19 heavy (non-hydrogen) atoms. The van der Waals surface area contributed by atoms with Gasteiger partial charge in [0.2, 0.25) is 0 Å². The van der Waals surface area contributed by atoms with Gasteiger partial charge < -0.3 is 19.9 Å². The molecule has 5 heteroatoms. The summed E-state index contributed by atoms with van der Waals surface area (Å²) in [6.45, 7) is 5.31. The van der Waals surface area contributed by atoms with Gasteiger partial charge in [-0.15, -0.1) is 0 Å². The predicted octanol–water partition coefficient (Wildman–Crippen LogP) is 2.28. The number of benzene rings is 1. The summed E-state index contributed by atoms with van der Waals surface area (Å²) in [4.78, 5) is 0. The average Bonchev–Trinajstić information content (AvgIpc) is 2.36. The number of nitrogens with one attached hydrogen (secondary N) is 1. The van der Waals surface area contributed by atoms with E-state index in [9.17, 15) is 9.50 Å². The average molecular weight is 271 g/mol. The van der Waals surface area contributed by atoms with Crippen LogP contribution in [0.3, 0.4) is 0 Å². The van der Waals surface area contributed by atoms with E-state index in [1.807, 2.05) is 13.8 Å². The first-order valence-corrected chi connectivity index (χ1v) is 6.36. The van der Waals surface area contributed by atoms with Crippen molar-refractivity contribution in [2.75, 3.05) is 32.2 Å². The molecule has 0 saturated heterocycles. The third-order valence-electron chi connectivity index (χ3n) is 2.45. The lowest BCUT2D eigenvalue weighted by atomic mass is 10.2. The molecule has 0 bridgehead atoms. The largest absolute Gasteiger partial charge is 0.494 e. The Morgan fingerprint density at radius 2 is 2.05 bits per heavy atom. The van der Waals surface area contributed by atoms with Crippen LogP contribution in [0.4, 0.5) is 10.1 Å². The van der Waals surface area contributed by atoms with Crippen LogP contribution in [0.25, 0.3) is 0 Å². The lowest BCUT2D eigenvalue weighted by Crippen LogP contribution is -2.25. The van der Waals surface area contributed by atoms with Gasteiger partial charge in [0.1, 0.15) is 11.6 Å². The van der Waals surface area contributed by atoms with Crippen LogP contribution in [-0.2, 0) is 4.74 Å². The van der Waals surface area contributed by atoms with Crippen molar-refractivity contribution in [2.45, 2.75) is 20.0 Å². The summed E-state index contributed by atoms with van der Waals surface area (Å²) in [7, 11) is 1.47. The number of rotatable bonds is 8. The third-order valence-corrected chi connectivity index (χ3v) is 2.45. The van der Waals surface area contributed by atoms with Gasteiger partial charge in [-0.05, 0) is 18.1 Å². The predicted molar refractivity (Wildman–Crippen MR) is 73.1 cm³/mol. The van der Waals surface area contributed by atoms with Crippen LogP contribution in [0, 0.1) is 11.7 Å². The van der Waals surface area contributed by atoms with Crippen molar-refractivity contribution in [3.63, 3.8) is 0 Å². The summed E-state index contributed by atoms with van der Waals surface area (Å²) in [6, 6.07) is 4.21. The Hall–Kier alpha value is -1.33. The Morgan fingerprint density at radius 3 is 2.68 bits per heavy atom. The summed E-state index contributed by atoms with van der Waals surface area (Å²) < 4.78 is 23.4. The van der Waals surface area contributed by atoms with Crippen molar-refractivity contribution in [3.8, 4) is 5.75 Å². The number of halogens is 1. The minimum Gasteiger partial charge on any atom is -0.494 e. The zero-order valence-electron chi connectivity index (χ0n) is 11.6. The van der Waals surface area contributed by atoms with Crippen molar-refractivity contribution in [1.29, 1.82) is 0 Å². The van der Waals surface area contributed by atoms with Gasteiger partial charge in [-0.1, -0.05) is 13.8 Å². The highest BCUT2D eigenvalue weighted by Crippen LogP contribution is 2.24. The highest BCUT2D eigenvalue weighted by molar-refractivity contribution is 5.56. The maximum absolute atomic E-state index is 13.0. The monoisotopic (exact) mass is 271 g/mol. The lowest BCUT2D eigenvalue weighted by molar-refractivity contribution is 0.0318. The number of aliphatic hydroxyl groups is 1. The molecule has 0 radical (unpaired) electrons. The first-order chi connectivity index (χ1) is 9.02. The van der Waals surface area contributed by atoms with Gasteiger partial charge in [-0.25, -0.2) is 4.39 Å². The van der Waals surface area contributed by atoms with Crippen molar-refractivity contribution in [1.82, 2.24) is 0 Å². The molecule has 0 saturated carbocycles. The second-order valence-corrected chi connectivity index (χ2v) is 4.81. The molecule has 4 nitrogen and oxygen atoms in total. The van der Waals surface area contributed by atoms with Crippen LogP contribution >= 0.6 is 0 Å². The summed E-state index contributed by atoms with van der Waals surface area (Å²) in [6.07, 6.45) is -0.617. The molecular weight excluding hydrogens is 249 g/mol. The molecule has 1 rings (SSSR count). The van der Waals surface area contributed by atoms with Crippen LogP contribution in [-0.4, -0.2) is 38.1 Å². The van der Waals surface area contributed by atoms with Crippen molar-refractivity contribution >= 4 is 5.69 Å². The summed E-state index contributed by atoms with van der Waals surface area (Å²) in [5, 5.41) is 12.7. The van der Waals surface area contributed by atoms with Gasteiger partial charge >= 0.3 is 0 Å². The second kappa shape index (κ2) is 7.96. The quantitative estimate of drug-likeness (QED) is 0.761. The zero-order valence-corrected chi connectivity index (χ0v) is 11.6. The van der Waals surface area contributed by atoms with Crippen molar-refractivity contribution < 1.29 is 19.0 Å². The Bertz CT molecular complexity index is 385. The molecule has 2 N–H and O–H groups in total. The molecule has 0 aliphatic carbocycles. The molecule has 1 unspecified atom stereocenters. The lowest BCUT2D eigenvalue weighted by Gasteiger charge is -2.15. The fraction of sp³-hybridized carbons (Fsp3) is 0.571. The van der Waals surface area contributed by atoms with E-state index in [1.165, 1.54) is 19.2 Å². The van der Waals surface area contributed by atoms with E-state index in [0.29, 0.717) is 30.5 Å². The molecule has 1 atom stereocenters. The number of aliphatic hydroxyl groups excluding tert-OH is 1. The second-order valence-electron chi connectivity index (χ2n) is 4.81. The van der Waals surface area contributed by atoms with E-state index in [0.717, 1.165) is 0 Å². The molecular formula is C14H22FNO3. The van der Waals surface area contributed by atoms with Gasteiger partial charge in [-0.2, -0.15) is 0 Å². The zero-order chi connectivity index (χ0) is 14.3. The molecule has 1 aromatic carbocycles. The van der Waals surface area contributed by atoms with Gasteiger partial charge in [0, 0.05) is 19.2 Å². The van der Waals surface area contributed by atoms with Crippen molar-refractivity contribution in [3.05, 3.63) is 24.0 Å². The standard InChI is InChI=1S/C14H22FNO3/c1-10(2)8-19-9-12(17)7-16-13-5-4-11(15)6-14(13)18-3/h4-6,10,12,16-17H,7-9H2,1-3H3. The smallest absolute Gasteiger partial charge is 0.144 e. The molecule has 0 aliphatic rings. The van der Waals surface area contributed by atoms with E-state index in [4.69, 9.17) is 9.47 Å².